The van der Waals surface area contributed by atoms with Gasteiger partial charge in [-0.05, 0) is 101 Å². The Morgan fingerprint density at radius 3 is 1.47 bits per heavy atom. The summed E-state index contributed by atoms with van der Waals surface area (Å²) in [6.07, 6.45) is 11.8. The fourth-order valence-electron chi connectivity index (χ4n) is 9.40. The van der Waals surface area contributed by atoms with Gasteiger partial charge in [0, 0.05) is 86.0 Å². The summed E-state index contributed by atoms with van der Waals surface area (Å²) in [7, 11) is 0. The van der Waals surface area contributed by atoms with E-state index in [9.17, 15) is 0 Å². The quantitative estimate of drug-likeness (QED) is 0.166. The average molecular weight is 777 g/mol. The monoisotopic (exact) mass is 776 g/mol. The summed E-state index contributed by atoms with van der Waals surface area (Å²) >= 11 is 3.73. The van der Waals surface area contributed by atoms with Crippen molar-refractivity contribution >= 4 is 108 Å². The molecule has 12 rings (SSSR count). The Morgan fingerprint density at radius 2 is 0.845 bits per heavy atom. The summed E-state index contributed by atoms with van der Waals surface area (Å²) in [4.78, 5) is 4.98. The number of nitrogens with zero attached hydrogens (tertiary/aromatic N) is 2. The highest BCUT2D eigenvalue weighted by Crippen LogP contribution is 2.52. The number of rotatable bonds is 6. The SMILES string of the molecule is C1=CC2C(N(c3ccccc3)c3ccc4sc5ccccc5c4c3)=Cc3c(cc(N(c4ccccc4)c4ccc5sc6ccccc6c5c4)c4ccccc34)C2C=C1. The minimum atomic E-state index is 0.125. The van der Waals surface area contributed by atoms with Gasteiger partial charge < -0.3 is 9.80 Å². The Labute approximate surface area is 345 Å². The number of benzene rings is 8. The van der Waals surface area contributed by atoms with Gasteiger partial charge in [0.2, 0.25) is 0 Å². The second-order valence-corrected chi connectivity index (χ2v) is 17.4. The van der Waals surface area contributed by atoms with Gasteiger partial charge in [0.25, 0.3) is 0 Å². The van der Waals surface area contributed by atoms with E-state index in [0.717, 1.165) is 17.1 Å². The van der Waals surface area contributed by atoms with Crippen molar-refractivity contribution in [2.24, 2.45) is 5.92 Å². The van der Waals surface area contributed by atoms with Crippen LogP contribution in [0.1, 0.15) is 17.0 Å². The average Bonchev–Trinajstić information content (AvgIpc) is 3.85. The topological polar surface area (TPSA) is 6.48 Å². The summed E-state index contributed by atoms with van der Waals surface area (Å²) in [5, 5.41) is 7.69. The summed E-state index contributed by atoms with van der Waals surface area (Å²) in [6.45, 7) is 0. The molecule has 2 aliphatic carbocycles. The van der Waals surface area contributed by atoms with E-state index in [4.69, 9.17) is 0 Å². The summed E-state index contributed by atoms with van der Waals surface area (Å²) < 4.78 is 5.26. The summed E-state index contributed by atoms with van der Waals surface area (Å²) in [6, 6.07) is 64.9. The second-order valence-electron chi connectivity index (χ2n) is 15.2. The Bertz CT molecular complexity index is 3310. The molecule has 0 bridgehead atoms. The molecular formula is C54H36N2S2. The fraction of sp³-hybridized carbons (Fsp3) is 0.0370. The van der Waals surface area contributed by atoms with Gasteiger partial charge in [-0.25, -0.2) is 0 Å². The number of fused-ring (bicyclic) bond motifs is 11. The second kappa shape index (κ2) is 13.5. The molecule has 2 nitrogen and oxygen atoms in total. The Kier molecular flexibility index (Phi) is 7.75. The van der Waals surface area contributed by atoms with Crippen LogP contribution in [0.4, 0.5) is 28.4 Å². The van der Waals surface area contributed by atoms with Crippen LogP contribution in [0, 0.1) is 5.92 Å². The number of anilines is 5. The molecule has 4 heteroatoms. The third-order valence-electron chi connectivity index (χ3n) is 12.0. The lowest BCUT2D eigenvalue weighted by atomic mass is 9.73. The lowest BCUT2D eigenvalue weighted by molar-refractivity contribution is 0.644. The first-order valence-electron chi connectivity index (χ1n) is 19.9. The van der Waals surface area contributed by atoms with E-state index in [1.165, 1.54) is 79.3 Å². The zero-order valence-corrected chi connectivity index (χ0v) is 33.1. The van der Waals surface area contributed by atoms with Gasteiger partial charge in [-0.3, -0.25) is 0 Å². The van der Waals surface area contributed by atoms with Crippen LogP contribution in [-0.4, -0.2) is 0 Å². The van der Waals surface area contributed by atoms with Crippen molar-refractivity contribution in [1.29, 1.82) is 0 Å². The third kappa shape index (κ3) is 5.30. The number of allylic oxidation sites excluding steroid dienone is 4. The first kappa shape index (κ1) is 33.4. The Morgan fingerprint density at radius 1 is 0.362 bits per heavy atom. The molecule has 0 saturated carbocycles. The van der Waals surface area contributed by atoms with Gasteiger partial charge in [-0.2, -0.15) is 0 Å². The Hall–Kier alpha value is -6.72. The number of thiophene rings is 2. The van der Waals surface area contributed by atoms with Crippen molar-refractivity contribution in [3.05, 3.63) is 217 Å². The molecule has 2 unspecified atom stereocenters. The van der Waals surface area contributed by atoms with Crippen molar-refractivity contribution in [2.45, 2.75) is 5.92 Å². The largest absolute Gasteiger partial charge is 0.314 e. The van der Waals surface area contributed by atoms with Crippen molar-refractivity contribution in [3.63, 3.8) is 0 Å². The zero-order valence-electron chi connectivity index (χ0n) is 31.5. The molecule has 2 heterocycles. The highest BCUT2D eigenvalue weighted by molar-refractivity contribution is 7.26. The third-order valence-corrected chi connectivity index (χ3v) is 14.3. The van der Waals surface area contributed by atoms with Gasteiger partial charge in [-0.1, -0.05) is 121 Å². The fourth-order valence-corrected chi connectivity index (χ4v) is 11.6. The van der Waals surface area contributed by atoms with E-state index >= 15 is 0 Å². The Balaban J connectivity index is 1.10. The molecule has 2 aromatic heterocycles. The molecule has 0 radical (unpaired) electrons. The van der Waals surface area contributed by atoms with E-state index in [1.807, 2.05) is 22.7 Å². The standard InChI is InChI=1S/C54H36N2S2/c1-3-15-35(16-4-1)55(37-27-29-53-47(31-37)43-23-11-13-25-51(43)57-53)49-33-45-40-20-8-10-22-42(40)50(34-46(45)39-19-7-9-21-41(39)49)56(36-17-5-2-6-18-36)38-28-30-54-48(32-38)44-24-12-14-26-52(44)58-54/h1-34,39,41H. The first-order chi connectivity index (χ1) is 28.8. The maximum absolute atomic E-state index is 2.51. The van der Waals surface area contributed by atoms with Gasteiger partial charge in [0.15, 0.2) is 0 Å². The van der Waals surface area contributed by atoms with Crippen molar-refractivity contribution in [2.75, 3.05) is 9.80 Å². The molecule has 2 atom stereocenters. The highest BCUT2D eigenvalue weighted by Gasteiger charge is 2.35. The molecule has 2 aliphatic rings. The lowest BCUT2D eigenvalue weighted by Gasteiger charge is -2.40. The smallest absolute Gasteiger partial charge is 0.0543 e. The van der Waals surface area contributed by atoms with E-state index in [0.29, 0.717) is 0 Å². The molecular weight excluding hydrogens is 741 g/mol. The van der Waals surface area contributed by atoms with Crippen LogP contribution in [0.2, 0.25) is 0 Å². The molecule has 0 saturated heterocycles. The molecule has 10 aromatic rings. The van der Waals surface area contributed by atoms with E-state index in [-0.39, 0.29) is 11.8 Å². The molecule has 0 aliphatic heterocycles. The van der Waals surface area contributed by atoms with Crippen LogP contribution in [0.15, 0.2) is 206 Å². The van der Waals surface area contributed by atoms with Crippen molar-refractivity contribution in [3.8, 4) is 0 Å². The number of para-hydroxylation sites is 2. The molecule has 58 heavy (non-hydrogen) atoms. The molecule has 0 N–H and O–H groups in total. The van der Waals surface area contributed by atoms with Crippen LogP contribution in [0.5, 0.6) is 0 Å². The molecule has 0 amide bonds. The van der Waals surface area contributed by atoms with E-state index < -0.39 is 0 Å². The van der Waals surface area contributed by atoms with Crippen LogP contribution < -0.4 is 9.80 Å². The first-order valence-corrected chi connectivity index (χ1v) is 21.6. The van der Waals surface area contributed by atoms with Crippen LogP contribution in [0.25, 0.3) is 57.2 Å². The van der Waals surface area contributed by atoms with Crippen LogP contribution in [-0.2, 0) is 0 Å². The van der Waals surface area contributed by atoms with E-state index in [1.54, 1.807) is 0 Å². The maximum Gasteiger partial charge on any atom is 0.0543 e. The number of hydrogen-bond acceptors (Lipinski definition) is 4. The van der Waals surface area contributed by atoms with Gasteiger partial charge >= 0.3 is 0 Å². The van der Waals surface area contributed by atoms with Crippen molar-refractivity contribution in [1.82, 2.24) is 0 Å². The normalized spacial score (nSPS) is 15.9. The lowest BCUT2D eigenvalue weighted by Crippen LogP contribution is -2.29. The van der Waals surface area contributed by atoms with E-state index in [2.05, 4.69) is 216 Å². The summed E-state index contributed by atoms with van der Waals surface area (Å²) in [5.41, 5.74) is 9.71. The van der Waals surface area contributed by atoms with Crippen LogP contribution in [0.3, 0.4) is 0 Å². The van der Waals surface area contributed by atoms with Gasteiger partial charge in [-0.15, -0.1) is 22.7 Å². The minimum absolute atomic E-state index is 0.125. The van der Waals surface area contributed by atoms with Gasteiger partial charge in [0.05, 0.1) is 5.69 Å². The number of hydrogen-bond donors (Lipinski definition) is 0. The highest BCUT2D eigenvalue weighted by atomic mass is 32.1. The van der Waals surface area contributed by atoms with Gasteiger partial charge in [0.1, 0.15) is 0 Å². The molecule has 274 valence electrons. The predicted octanol–water partition coefficient (Wildman–Crippen LogP) is 16.1. The zero-order chi connectivity index (χ0) is 38.2. The van der Waals surface area contributed by atoms with Crippen molar-refractivity contribution < 1.29 is 0 Å². The predicted molar refractivity (Wildman–Crippen MR) is 252 cm³/mol. The van der Waals surface area contributed by atoms with Crippen LogP contribution >= 0.6 is 22.7 Å². The maximum atomic E-state index is 2.51. The molecule has 0 spiro atoms. The minimum Gasteiger partial charge on any atom is -0.314 e. The molecule has 8 aromatic carbocycles. The summed E-state index contributed by atoms with van der Waals surface area (Å²) in [5.74, 6) is 0.265. The molecule has 0 fully saturated rings.